The Bertz CT molecular complexity index is 607. The number of rotatable bonds is 6. The van der Waals surface area contributed by atoms with E-state index in [2.05, 4.69) is 33.2 Å². The Morgan fingerprint density at radius 2 is 2.19 bits per heavy atom. The number of halogens is 2. The number of methoxy groups -OCH3 is 1. The van der Waals surface area contributed by atoms with E-state index in [-0.39, 0.29) is 6.04 Å². The van der Waals surface area contributed by atoms with Crippen LogP contribution in [0.4, 0.5) is 0 Å². The molecule has 112 valence electrons. The van der Waals surface area contributed by atoms with Crippen molar-refractivity contribution in [2.45, 2.75) is 19.4 Å². The van der Waals surface area contributed by atoms with E-state index in [4.69, 9.17) is 16.3 Å². The number of aromatic nitrogens is 1. The molecule has 0 spiro atoms. The fourth-order valence-electron chi connectivity index (χ4n) is 2.28. The third-order valence-corrected chi connectivity index (χ3v) is 4.10. The summed E-state index contributed by atoms with van der Waals surface area (Å²) in [4.78, 5) is 4.28. The molecule has 0 amide bonds. The molecule has 2 aromatic rings. The molecule has 5 heteroatoms. The molecule has 0 saturated carbocycles. The highest BCUT2D eigenvalue weighted by Gasteiger charge is 2.17. The molecule has 1 N–H and O–H groups in total. The highest BCUT2D eigenvalue weighted by molar-refractivity contribution is 9.10. The van der Waals surface area contributed by atoms with Gasteiger partial charge in [-0.2, -0.15) is 0 Å². The van der Waals surface area contributed by atoms with Crippen molar-refractivity contribution >= 4 is 27.5 Å². The first-order valence-corrected chi connectivity index (χ1v) is 7.99. The minimum atomic E-state index is 0.109. The third kappa shape index (κ3) is 4.19. The lowest BCUT2D eigenvalue weighted by atomic mass is 9.99. The molecule has 21 heavy (non-hydrogen) atoms. The average molecular weight is 370 g/mol. The summed E-state index contributed by atoms with van der Waals surface area (Å²) in [6.07, 6.45) is 2.51. The first-order valence-electron chi connectivity index (χ1n) is 6.82. The zero-order chi connectivity index (χ0) is 15.2. The van der Waals surface area contributed by atoms with Gasteiger partial charge in [0.05, 0.1) is 7.11 Å². The monoisotopic (exact) mass is 368 g/mol. The molecule has 1 atom stereocenters. The number of nitrogens with zero attached hydrogens (tertiary/aromatic N) is 1. The molecule has 3 nitrogen and oxygen atoms in total. The van der Waals surface area contributed by atoms with Crippen molar-refractivity contribution in [2.75, 3.05) is 13.7 Å². The molecule has 0 fully saturated rings. The van der Waals surface area contributed by atoms with Crippen molar-refractivity contribution in [3.8, 4) is 5.88 Å². The smallest absolute Gasteiger partial charge is 0.217 e. The zero-order valence-corrected chi connectivity index (χ0v) is 14.4. The van der Waals surface area contributed by atoms with Gasteiger partial charge in [0.15, 0.2) is 0 Å². The summed E-state index contributed by atoms with van der Waals surface area (Å²) in [6, 6.07) is 10.0. The lowest BCUT2D eigenvalue weighted by molar-refractivity contribution is 0.382. The summed E-state index contributed by atoms with van der Waals surface area (Å²) in [7, 11) is 1.64. The van der Waals surface area contributed by atoms with Crippen LogP contribution in [0.5, 0.6) is 5.88 Å². The van der Waals surface area contributed by atoms with Crippen molar-refractivity contribution in [1.29, 1.82) is 0 Å². The normalized spacial score (nSPS) is 12.2. The molecule has 0 radical (unpaired) electrons. The van der Waals surface area contributed by atoms with E-state index < -0.39 is 0 Å². The Hall–Kier alpha value is -1.10. The van der Waals surface area contributed by atoms with Crippen LogP contribution in [0, 0.1) is 0 Å². The van der Waals surface area contributed by atoms with Crippen LogP contribution in [0.2, 0.25) is 5.02 Å². The summed E-state index contributed by atoms with van der Waals surface area (Å²) in [5, 5.41) is 4.23. The van der Waals surface area contributed by atoms with E-state index in [0.717, 1.165) is 33.6 Å². The fraction of sp³-hybridized carbons (Fsp3) is 0.312. The van der Waals surface area contributed by atoms with E-state index in [1.807, 2.05) is 30.3 Å². The molecule has 1 aromatic heterocycles. The third-order valence-electron chi connectivity index (χ3n) is 3.26. The molecule has 0 aliphatic rings. The highest BCUT2D eigenvalue weighted by Crippen LogP contribution is 2.29. The predicted molar refractivity (Wildman–Crippen MR) is 90.1 cm³/mol. The van der Waals surface area contributed by atoms with Crippen LogP contribution >= 0.6 is 27.5 Å². The van der Waals surface area contributed by atoms with E-state index in [0.29, 0.717) is 5.88 Å². The minimum Gasteiger partial charge on any atom is -0.481 e. The summed E-state index contributed by atoms with van der Waals surface area (Å²) in [5.41, 5.74) is 2.14. The van der Waals surface area contributed by atoms with Gasteiger partial charge in [-0.25, -0.2) is 4.98 Å². The number of hydrogen-bond donors (Lipinski definition) is 1. The van der Waals surface area contributed by atoms with Crippen LogP contribution in [0.15, 0.2) is 41.0 Å². The lowest BCUT2D eigenvalue weighted by Crippen LogP contribution is -2.23. The Morgan fingerprint density at radius 1 is 1.38 bits per heavy atom. The number of nitrogens with one attached hydrogen (secondary N) is 1. The summed E-state index contributed by atoms with van der Waals surface area (Å²) in [6.45, 7) is 2.94. The minimum absolute atomic E-state index is 0.109. The second kappa shape index (κ2) is 7.78. The average Bonchev–Trinajstić information content (AvgIpc) is 2.49. The van der Waals surface area contributed by atoms with Crippen LogP contribution in [-0.2, 0) is 6.42 Å². The van der Waals surface area contributed by atoms with Gasteiger partial charge in [0, 0.05) is 27.3 Å². The molecule has 1 heterocycles. The van der Waals surface area contributed by atoms with Gasteiger partial charge in [-0.15, -0.1) is 0 Å². The van der Waals surface area contributed by atoms with Gasteiger partial charge in [0.2, 0.25) is 5.88 Å². The van der Waals surface area contributed by atoms with Gasteiger partial charge in [-0.1, -0.05) is 46.6 Å². The van der Waals surface area contributed by atoms with Crippen molar-refractivity contribution in [1.82, 2.24) is 10.3 Å². The Balaban J connectivity index is 2.30. The van der Waals surface area contributed by atoms with Crippen LogP contribution in [-0.4, -0.2) is 18.6 Å². The van der Waals surface area contributed by atoms with Gasteiger partial charge in [0.1, 0.15) is 0 Å². The highest BCUT2D eigenvalue weighted by atomic mass is 79.9. The van der Waals surface area contributed by atoms with E-state index in [9.17, 15) is 0 Å². The summed E-state index contributed by atoms with van der Waals surface area (Å²) >= 11 is 9.76. The standard InChI is InChI=1S/C16H18BrClN2O/c1-3-19-15(13-5-4-8-20-16(13)21-2)9-11-6-7-12(17)10-14(11)18/h4-8,10,15,19H,3,9H2,1-2H3. The van der Waals surface area contributed by atoms with Crippen molar-refractivity contribution in [3.05, 3.63) is 57.2 Å². The van der Waals surface area contributed by atoms with Crippen molar-refractivity contribution in [2.24, 2.45) is 0 Å². The topological polar surface area (TPSA) is 34.2 Å². The second-order valence-electron chi connectivity index (χ2n) is 4.65. The molecular weight excluding hydrogens is 352 g/mol. The lowest BCUT2D eigenvalue weighted by Gasteiger charge is -2.20. The van der Waals surface area contributed by atoms with Gasteiger partial charge in [-0.05, 0) is 36.7 Å². The van der Waals surface area contributed by atoms with Gasteiger partial charge >= 0.3 is 0 Å². The van der Waals surface area contributed by atoms with Crippen LogP contribution in [0.25, 0.3) is 0 Å². The summed E-state index contributed by atoms with van der Waals surface area (Å²) in [5.74, 6) is 0.650. The first-order chi connectivity index (χ1) is 10.2. The van der Waals surface area contributed by atoms with Crippen LogP contribution < -0.4 is 10.1 Å². The number of hydrogen-bond acceptors (Lipinski definition) is 3. The molecule has 0 aliphatic heterocycles. The number of ether oxygens (including phenoxy) is 1. The van der Waals surface area contributed by atoms with Crippen LogP contribution in [0.3, 0.4) is 0 Å². The Labute approximate surface area is 138 Å². The number of likely N-dealkylation sites (N-methyl/N-ethyl adjacent to an activating group) is 1. The first kappa shape index (κ1) is 16.3. The molecule has 0 aliphatic carbocycles. The zero-order valence-electron chi connectivity index (χ0n) is 12.1. The van der Waals surface area contributed by atoms with Gasteiger partial charge in [-0.3, -0.25) is 0 Å². The molecular formula is C16H18BrClN2O. The quantitative estimate of drug-likeness (QED) is 0.819. The molecule has 1 aromatic carbocycles. The number of pyridine rings is 1. The molecule has 0 bridgehead atoms. The Kier molecular flexibility index (Phi) is 6.03. The molecule has 0 saturated heterocycles. The summed E-state index contributed by atoms with van der Waals surface area (Å²) < 4.78 is 6.35. The van der Waals surface area contributed by atoms with Gasteiger partial charge in [0.25, 0.3) is 0 Å². The molecule has 1 unspecified atom stereocenters. The van der Waals surface area contributed by atoms with Gasteiger partial charge < -0.3 is 10.1 Å². The maximum atomic E-state index is 6.33. The van der Waals surface area contributed by atoms with E-state index in [1.54, 1.807) is 13.3 Å². The predicted octanol–water partition coefficient (Wildman–Crippen LogP) is 4.40. The maximum absolute atomic E-state index is 6.33. The largest absolute Gasteiger partial charge is 0.481 e. The molecule has 2 rings (SSSR count). The van der Waals surface area contributed by atoms with Crippen LogP contribution in [0.1, 0.15) is 24.1 Å². The number of benzene rings is 1. The Morgan fingerprint density at radius 3 is 2.86 bits per heavy atom. The van der Waals surface area contributed by atoms with E-state index in [1.165, 1.54) is 0 Å². The van der Waals surface area contributed by atoms with Crippen molar-refractivity contribution < 1.29 is 4.74 Å². The second-order valence-corrected chi connectivity index (χ2v) is 5.97. The van der Waals surface area contributed by atoms with E-state index >= 15 is 0 Å². The maximum Gasteiger partial charge on any atom is 0.217 e. The fourth-order valence-corrected chi connectivity index (χ4v) is 3.04. The SMILES string of the molecule is CCNC(Cc1ccc(Br)cc1Cl)c1cccnc1OC. The van der Waals surface area contributed by atoms with Crippen molar-refractivity contribution in [3.63, 3.8) is 0 Å².